The normalized spacial score (nSPS) is 10.8. The van der Waals surface area contributed by atoms with Gasteiger partial charge in [0, 0.05) is 12.4 Å². The summed E-state index contributed by atoms with van der Waals surface area (Å²) in [7, 11) is 0. The van der Waals surface area contributed by atoms with Gasteiger partial charge in [-0.1, -0.05) is 35.9 Å². The minimum atomic E-state index is 0.984. The number of aryl methyl sites for hydroxylation is 1. The van der Waals surface area contributed by atoms with E-state index in [4.69, 9.17) is 0 Å². The van der Waals surface area contributed by atoms with Gasteiger partial charge in [0.1, 0.15) is 5.65 Å². The molecule has 0 saturated heterocycles. The molecule has 0 N–H and O–H groups in total. The van der Waals surface area contributed by atoms with Gasteiger partial charge in [0.25, 0.3) is 0 Å². The molecule has 0 unspecified atom stereocenters. The minimum absolute atomic E-state index is 0.984. The van der Waals surface area contributed by atoms with Gasteiger partial charge in [-0.2, -0.15) is 0 Å². The number of aromatic nitrogens is 2. The second-order valence-corrected chi connectivity index (χ2v) is 3.93. The van der Waals surface area contributed by atoms with E-state index in [1.807, 2.05) is 24.5 Å². The summed E-state index contributed by atoms with van der Waals surface area (Å²) in [5, 5.41) is 0. The lowest BCUT2D eigenvalue weighted by Gasteiger charge is -2.05. The molecule has 2 nitrogen and oxygen atoms in total. The smallest absolute Gasteiger partial charge is 0.137 e. The zero-order valence-corrected chi connectivity index (χ0v) is 9.09. The molecule has 1 aromatic carbocycles. The van der Waals surface area contributed by atoms with Crippen LogP contribution in [0, 0.1) is 6.92 Å². The Hall–Kier alpha value is -2.09. The maximum atomic E-state index is 4.29. The van der Waals surface area contributed by atoms with Crippen molar-refractivity contribution in [1.29, 1.82) is 0 Å². The Labute approximate surface area is 94.2 Å². The molecule has 78 valence electrons. The molecule has 0 aliphatic heterocycles. The van der Waals surface area contributed by atoms with Crippen LogP contribution in [0.1, 0.15) is 5.56 Å². The van der Waals surface area contributed by atoms with Crippen LogP contribution < -0.4 is 0 Å². The number of rotatable bonds is 1. The van der Waals surface area contributed by atoms with E-state index in [9.17, 15) is 0 Å². The molecule has 16 heavy (non-hydrogen) atoms. The van der Waals surface area contributed by atoms with Crippen molar-refractivity contribution in [3.8, 4) is 11.3 Å². The van der Waals surface area contributed by atoms with Crippen LogP contribution in [0.25, 0.3) is 16.9 Å². The number of benzene rings is 1. The molecule has 2 heterocycles. The molecule has 0 saturated carbocycles. The first kappa shape index (κ1) is 9.16. The zero-order chi connectivity index (χ0) is 11.0. The first-order chi connectivity index (χ1) is 7.84. The minimum Gasteiger partial charge on any atom is -0.300 e. The Morgan fingerprint density at radius 1 is 1.00 bits per heavy atom. The van der Waals surface area contributed by atoms with E-state index in [2.05, 4.69) is 46.6 Å². The lowest BCUT2D eigenvalue weighted by atomic mass is 10.1. The number of pyridine rings is 1. The summed E-state index contributed by atoms with van der Waals surface area (Å²) in [6.07, 6.45) is 3.82. The highest BCUT2D eigenvalue weighted by Crippen LogP contribution is 2.20. The third kappa shape index (κ3) is 1.39. The predicted molar refractivity (Wildman–Crippen MR) is 65.4 cm³/mol. The van der Waals surface area contributed by atoms with Crippen LogP contribution in [0.15, 0.2) is 54.9 Å². The van der Waals surface area contributed by atoms with E-state index in [0.717, 1.165) is 5.65 Å². The molecule has 0 radical (unpaired) electrons. The lowest BCUT2D eigenvalue weighted by molar-refractivity contribution is 1.19. The molecule has 2 aromatic heterocycles. The number of hydrogen-bond donors (Lipinski definition) is 0. The summed E-state index contributed by atoms with van der Waals surface area (Å²) < 4.78 is 2.10. The number of nitrogens with zero attached hydrogens (tertiary/aromatic N) is 2. The molecule has 0 amide bonds. The molecule has 2 heteroatoms. The number of imidazole rings is 1. The second-order valence-electron chi connectivity index (χ2n) is 3.93. The van der Waals surface area contributed by atoms with Gasteiger partial charge in [0.2, 0.25) is 0 Å². The topological polar surface area (TPSA) is 17.3 Å². The van der Waals surface area contributed by atoms with Crippen molar-refractivity contribution in [2.75, 3.05) is 0 Å². The Morgan fingerprint density at radius 3 is 2.62 bits per heavy atom. The molecular weight excluding hydrogens is 196 g/mol. The average Bonchev–Trinajstić information content (AvgIpc) is 2.78. The molecule has 0 atom stereocenters. The fourth-order valence-corrected chi connectivity index (χ4v) is 1.91. The summed E-state index contributed by atoms with van der Waals surface area (Å²) in [6.45, 7) is 2.10. The SMILES string of the molecule is Cc1ccc(-c2cccc3nccn23)cc1. The van der Waals surface area contributed by atoms with Gasteiger partial charge >= 0.3 is 0 Å². The van der Waals surface area contributed by atoms with Gasteiger partial charge in [0.15, 0.2) is 0 Å². The lowest BCUT2D eigenvalue weighted by Crippen LogP contribution is -1.89. The summed E-state index contributed by atoms with van der Waals surface area (Å²) in [4.78, 5) is 4.29. The van der Waals surface area contributed by atoms with Crippen molar-refractivity contribution in [3.63, 3.8) is 0 Å². The van der Waals surface area contributed by atoms with Crippen LogP contribution in [-0.4, -0.2) is 9.38 Å². The van der Waals surface area contributed by atoms with Crippen molar-refractivity contribution < 1.29 is 0 Å². The van der Waals surface area contributed by atoms with Gasteiger partial charge in [-0.15, -0.1) is 0 Å². The number of fused-ring (bicyclic) bond motifs is 1. The van der Waals surface area contributed by atoms with Crippen molar-refractivity contribution >= 4 is 5.65 Å². The van der Waals surface area contributed by atoms with Gasteiger partial charge in [-0.05, 0) is 24.6 Å². The molecule has 0 aliphatic rings. The highest BCUT2D eigenvalue weighted by Gasteiger charge is 2.02. The van der Waals surface area contributed by atoms with Gasteiger partial charge < -0.3 is 0 Å². The summed E-state index contributed by atoms with van der Waals surface area (Å²) in [6, 6.07) is 14.7. The third-order valence-corrected chi connectivity index (χ3v) is 2.78. The monoisotopic (exact) mass is 208 g/mol. The summed E-state index contributed by atoms with van der Waals surface area (Å²) >= 11 is 0. The molecule has 0 spiro atoms. The van der Waals surface area contributed by atoms with Crippen LogP contribution in [0.3, 0.4) is 0 Å². The maximum absolute atomic E-state index is 4.29. The van der Waals surface area contributed by atoms with Crippen molar-refractivity contribution in [2.24, 2.45) is 0 Å². The molecular formula is C14H12N2. The highest BCUT2D eigenvalue weighted by molar-refractivity contribution is 5.63. The molecule has 0 fully saturated rings. The van der Waals surface area contributed by atoms with Crippen molar-refractivity contribution in [2.45, 2.75) is 6.92 Å². The van der Waals surface area contributed by atoms with E-state index in [0.29, 0.717) is 0 Å². The molecule has 3 aromatic rings. The van der Waals surface area contributed by atoms with Crippen LogP contribution in [0.5, 0.6) is 0 Å². The fraction of sp³-hybridized carbons (Fsp3) is 0.0714. The van der Waals surface area contributed by atoms with E-state index >= 15 is 0 Å². The average molecular weight is 208 g/mol. The first-order valence-electron chi connectivity index (χ1n) is 5.34. The van der Waals surface area contributed by atoms with Crippen LogP contribution >= 0.6 is 0 Å². The van der Waals surface area contributed by atoms with Gasteiger partial charge in [-0.25, -0.2) is 4.98 Å². The first-order valence-corrected chi connectivity index (χ1v) is 5.34. The summed E-state index contributed by atoms with van der Waals surface area (Å²) in [5.74, 6) is 0. The van der Waals surface area contributed by atoms with Crippen molar-refractivity contribution in [3.05, 3.63) is 60.4 Å². The van der Waals surface area contributed by atoms with Gasteiger partial charge in [-0.3, -0.25) is 4.40 Å². The third-order valence-electron chi connectivity index (χ3n) is 2.78. The van der Waals surface area contributed by atoms with E-state index < -0.39 is 0 Å². The van der Waals surface area contributed by atoms with E-state index in [1.165, 1.54) is 16.8 Å². The quantitative estimate of drug-likeness (QED) is 0.599. The summed E-state index contributed by atoms with van der Waals surface area (Å²) in [5.41, 5.74) is 4.66. The standard InChI is InChI=1S/C14H12N2/c1-11-5-7-12(8-6-11)13-3-2-4-14-15-9-10-16(13)14/h2-10H,1H3. The molecule has 0 aliphatic carbocycles. The fourth-order valence-electron chi connectivity index (χ4n) is 1.91. The Balaban J connectivity index is 2.25. The van der Waals surface area contributed by atoms with Crippen LogP contribution in [0.4, 0.5) is 0 Å². The van der Waals surface area contributed by atoms with Gasteiger partial charge in [0.05, 0.1) is 5.69 Å². The van der Waals surface area contributed by atoms with Crippen LogP contribution in [-0.2, 0) is 0 Å². The van der Waals surface area contributed by atoms with Crippen molar-refractivity contribution in [1.82, 2.24) is 9.38 Å². The van der Waals surface area contributed by atoms with E-state index in [-0.39, 0.29) is 0 Å². The predicted octanol–water partition coefficient (Wildman–Crippen LogP) is 3.31. The van der Waals surface area contributed by atoms with Crippen LogP contribution in [0.2, 0.25) is 0 Å². The number of hydrogen-bond acceptors (Lipinski definition) is 1. The largest absolute Gasteiger partial charge is 0.300 e. The Morgan fingerprint density at radius 2 is 1.81 bits per heavy atom. The Bertz CT molecular complexity index is 621. The molecule has 3 rings (SSSR count). The Kier molecular flexibility index (Phi) is 2.00. The molecule has 0 bridgehead atoms. The van der Waals surface area contributed by atoms with E-state index in [1.54, 1.807) is 0 Å². The highest BCUT2D eigenvalue weighted by atomic mass is 15.0. The maximum Gasteiger partial charge on any atom is 0.137 e. The zero-order valence-electron chi connectivity index (χ0n) is 9.09. The second kappa shape index (κ2) is 3.49.